The Morgan fingerprint density at radius 3 is 0.409 bits per heavy atom. The van der Waals surface area contributed by atoms with Crippen LogP contribution in [0.25, 0.3) is 0 Å². The van der Waals surface area contributed by atoms with Gasteiger partial charge in [0.05, 0.1) is 0 Å². The highest BCUT2D eigenvalue weighted by atomic mass is 31.1. The van der Waals surface area contributed by atoms with Crippen LogP contribution < -0.4 is 31.8 Å². The van der Waals surface area contributed by atoms with E-state index in [0.717, 1.165) is 11.1 Å². The van der Waals surface area contributed by atoms with Crippen molar-refractivity contribution in [2.45, 2.75) is 316 Å². The first-order chi connectivity index (χ1) is 40.9. The Balaban J connectivity index is 1.86. The lowest BCUT2D eigenvalue weighted by atomic mass is 9.87. The molecule has 6 aromatic carbocycles. The maximum absolute atomic E-state index is 16.6. The number of carbonyl (C=O) groups is 1. The number of ketones is 1. The molecule has 0 N–H and O–H groups in total. The van der Waals surface area contributed by atoms with Crippen molar-refractivity contribution in [2.24, 2.45) is 0 Å². The average Bonchev–Trinajstić information content (AvgIpc) is 3.43. The lowest BCUT2D eigenvalue weighted by Crippen LogP contribution is -2.36. The second-order valence-corrected chi connectivity index (χ2v) is 35.7. The van der Waals surface area contributed by atoms with Gasteiger partial charge in [0.25, 0.3) is 0 Å². The zero-order chi connectivity index (χ0) is 66.3. The van der Waals surface area contributed by atoms with E-state index in [0.29, 0.717) is 71.0 Å². The highest BCUT2D eigenvalue weighted by Gasteiger charge is 2.39. The maximum Gasteiger partial charge on any atom is 0.193 e. The van der Waals surface area contributed by atoms with Crippen molar-refractivity contribution in [3.05, 3.63) is 173 Å². The first-order valence-corrected chi connectivity index (χ1v) is 37.8. The van der Waals surface area contributed by atoms with Gasteiger partial charge in [0.2, 0.25) is 0 Å². The summed E-state index contributed by atoms with van der Waals surface area (Å²) in [6.45, 7) is 77.0. The summed E-state index contributed by atoms with van der Waals surface area (Å²) in [6.07, 6.45) is 0. The fraction of sp³-hybridized carbons (Fsp3) is 0.565. The Labute approximate surface area is 544 Å². The molecule has 3 heteroatoms. The Bertz CT molecular complexity index is 2860. The molecule has 0 aliphatic rings. The van der Waals surface area contributed by atoms with Gasteiger partial charge < -0.3 is 0 Å². The molecule has 6 aromatic rings. The summed E-state index contributed by atoms with van der Waals surface area (Å²) < 4.78 is 0. The topological polar surface area (TPSA) is 17.1 Å². The van der Waals surface area contributed by atoms with E-state index in [1.807, 2.05) is 0 Å². The molecule has 0 spiro atoms. The van der Waals surface area contributed by atoms with Crippen LogP contribution in [-0.4, -0.2) is 5.78 Å². The summed E-state index contributed by atoms with van der Waals surface area (Å²) in [5, 5.41) is 9.13. The molecule has 0 aromatic heterocycles. The zero-order valence-corrected chi connectivity index (χ0v) is 63.8. The van der Waals surface area contributed by atoms with Crippen LogP contribution in [0.3, 0.4) is 0 Å². The molecule has 1 nitrogen and oxygen atoms in total. The summed E-state index contributed by atoms with van der Waals surface area (Å²) in [5.41, 5.74) is 24.5. The minimum atomic E-state index is -1.15. The molecule has 0 saturated carbocycles. The lowest BCUT2D eigenvalue weighted by Gasteiger charge is -2.37. The van der Waals surface area contributed by atoms with Gasteiger partial charge in [0.15, 0.2) is 5.78 Å². The fourth-order valence-corrected chi connectivity index (χ4v) is 21.8. The van der Waals surface area contributed by atoms with E-state index in [4.69, 9.17) is 0 Å². The SMILES string of the molecule is CC(C)c1cc(C(C)C)c(P(c2c(C(C)C)cc(C(=O)c3cc(C(C)C)c(P(c4c(C(C)C)cc(C(C)C)cc4C(C)C)c4c(C(C)C)cc(C(C)C)cc4C(C)C)c(C(C)C)c3)cc2C(C)C)c2c(C(C)C)cc(C(C)C)cc2C(C)C)c(C(C)C)c1. The van der Waals surface area contributed by atoms with Crippen molar-refractivity contribution in [1.29, 1.82) is 0 Å². The molecule has 0 heterocycles. The minimum Gasteiger partial charge on any atom is -0.289 e. The van der Waals surface area contributed by atoms with Crippen molar-refractivity contribution in [1.82, 2.24) is 0 Å². The summed E-state index contributed by atoms with van der Waals surface area (Å²) in [7, 11) is -2.30. The van der Waals surface area contributed by atoms with Gasteiger partial charge in [-0.15, -0.1) is 0 Å². The normalized spacial score (nSPS) is 12.8. The van der Waals surface area contributed by atoms with Crippen molar-refractivity contribution in [3.8, 4) is 0 Å². The molecular weight excluding hydrogens is 1100 g/mol. The highest BCUT2D eigenvalue weighted by molar-refractivity contribution is 7.81. The molecule has 480 valence electrons. The summed E-state index contributed by atoms with van der Waals surface area (Å²) in [4.78, 5) is 16.6. The van der Waals surface area contributed by atoms with Crippen molar-refractivity contribution in [3.63, 3.8) is 0 Å². The van der Waals surface area contributed by atoms with E-state index in [1.165, 1.54) is 99.6 Å². The zero-order valence-electron chi connectivity index (χ0n) is 62.0. The van der Waals surface area contributed by atoms with Crippen molar-refractivity contribution in [2.75, 3.05) is 0 Å². The molecule has 0 bridgehead atoms. The Morgan fingerprint density at radius 2 is 0.307 bits per heavy atom. The second kappa shape index (κ2) is 29.6. The third-order valence-corrected chi connectivity index (χ3v) is 24.9. The highest BCUT2D eigenvalue weighted by Crippen LogP contribution is 2.51. The Kier molecular flexibility index (Phi) is 24.6. The van der Waals surface area contributed by atoms with E-state index in [-0.39, 0.29) is 29.5 Å². The first kappa shape index (κ1) is 72.9. The van der Waals surface area contributed by atoms with Crippen LogP contribution in [0, 0.1) is 0 Å². The molecule has 0 unspecified atom stereocenters. The number of benzene rings is 6. The third kappa shape index (κ3) is 15.2. The van der Waals surface area contributed by atoms with Gasteiger partial charge >= 0.3 is 0 Å². The van der Waals surface area contributed by atoms with Gasteiger partial charge in [-0.25, -0.2) is 0 Å². The van der Waals surface area contributed by atoms with Crippen LogP contribution in [0.2, 0.25) is 0 Å². The molecule has 0 aliphatic heterocycles. The molecule has 0 amide bonds. The molecule has 6 rings (SSSR count). The van der Waals surface area contributed by atoms with Gasteiger partial charge in [-0.3, -0.25) is 4.79 Å². The van der Waals surface area contributed by atoms with E-state index >= 15 is 4.79 Å². The summed E-state index contributed by atoms with van der Waals surface area (Å²) in [6, 6.07) is 30.3. The standard InChI is InChI=1S/C85H124OP2/c1-45(2)61-33-67(49(9)10)80(68(34-61)50(11)12)87(81-69(51(13)14)35-62(46(3)4)36-70(81)52(15)16)84-75(57(25)26)41-65(42-76(84)58(27)28)79(86)66-43-77(59(29)30)85(78(44-66)60(31)32)88(82-71(53(17)18)37-63(47(5)6)38-72(82)54(19)20)83-73(55(21)22)39-64(48(7)8)40-74(83)56(23)24/h33-60H,1-32H3. The summed E-state index contributed by atoms with van der Waals surface area (Å²) in [5.74, 6) is 4.96. The minimum absolute atomic E-state index is 0.137. The number of hydrogen-bond donors (Lipinski definition) is 0. The molecule has 0 atom stereocenters. The number of rotatable bonds is 24. The third-order valence-electron chi connectivity index (χ3n) is 19.1. The maximum atomic E-state index is 16.6. The molecular formula is C85H124OP2. The van der Waals surface area contributed by atoms with E-state index in [9.17, 15) is 0 Å². The van der Waals surface area contributed by atoms with Crippen LogP contribution in [-0.2, 0) is 0 Å². The van der Waals surface area contributed by atoms with E-state index in [2.05, 4.69) is 294 Å². The first-order valence-electron chi connectivity index (χ1n) is 35.1. The van der Waals surface area contributed by atoms with Crippen LogP contribution >= 0.6 is 15.8 Å². The van der Waals surface area contributed by atoms with Crippen LogP contribution in [0.1, 0.15) is 421 Å². The molecule has 0 fully saturated rings. The Hall–Kier alpha value is -4.15. The molecule has 0 saturated heterocycles. The molecule has 88 heavy (non-hydrogen) atoms. The molecule has 0 aliphatic carbocycles. The summed E-state index contributed by atoms with van der Waals surface area (Å²) >= 11 is 0. The van der Waals surface area contributed by atoms with Crippen LogP contribution in [0.15, 0.2) is 72.8 Å². The monoisotopic (exact) mass is 1220 g/mol. The van der Waals surface area contributed by atoms with Crippen molar-refractivity contribution >= 4 is 53.5 Å². The van der Waals surface area contributed by atoms with Gasteiger partial charge in [-0.2, -0.15) is 0 Å². The van der Waals surface area contributed by atoms with Gasteiger partial charge in [0.1, 0.15) is 0 Å². The number of hydrogen-bond acceptors (Lipinski definition) is 1. The molecule has 0 radical (unpaired) electrons. The van der Waals surface area contributed by atoms with Gasteiger partial charge in [-0.05, 0) is 256 Å². The lowest BCUT2D eigenvalue weighted by molar-refractivity contribution is 0.103. The van der Waals surface area contributed by atoms with E-state index in [1.54, 1.807) is 21.2 Å². The second-order valence-electron chi connectivity index (χ2n) is 31.7. The van der Waals surface area contributed by atoms with Crippen LogP contribution in [0.4, 0.5) is 0 Å². The van der Waals surface area contributed by atoms with Gasteiger partial charge in [-0.1, -0.05) is 270 Å². The predicted octanol–water partition coefficient (Wildman–Crippen LogP) is 24.4. The smallest absolute Gasteiger partial charge is 0.193 e. The van der Waals surface area contributed by atoms with E-state index < -0.39 is 15.8 Å². The largest absolute Gasteiger partial charge is 0.289 e. The average molecular weight is 1220 g/mol. The van der Waals surface area contributed by atoms with Gasteiger partial charge in [0, 0.05) is 11.1 Å². The quantitative estimate of drug-likeness (QED) is 0.0436. The Morgan fingerprint density at radius 1 is 0.193 bits per heavy atom. The fourth-order valence-electron chi connectivity index (χ4n) is 13.4. The van der Waals surface area contributed by atoms with Crippen LogP contribution in [0.5, 0.6) is 0 Å². The van der Waals surface area contributed by atoms with Crippen molar-refractivity contribution < 1.29 is 4.79 Å². The predicted molar refractivity (Wildman–Crippen MR) is 399 cm³/mol. The number of carbonyl (C=O) groups excluding carboxylic acids is 1.